The predicted molar refractivity (Wildman–Crippen MR) is 189 cm³/mol. The van der Waals surface area contributed by atoms with Crippen LogP contribution in [0.3, 0.4) is 0 Å². The van der Waals surface area contributed by atoms with Gasteiger partial charge in [-0.1, -0.05) is 84.1 Å². The largest absolute Gasteiger partial charge is 0.493 e. The summed E-state index contributed by atoms with van der Waals surface area (Å²) in [5.74, 6) is 1.58. The molecule has 1 aliphatic heterocycles. The van der Waals surface area contributed by atoms with Crippen molar-refractivity contribution in [2.75, 3.05) is 27.4 Å². The van der Waals surface area contributed by atoms with Crippen molar-refractivity contribution in [3.8, 4) is 23.0 Å². The molecule has 0 radical (unpaired) electrons. The van der Waals surface area contributed by atoms with Crippen LogP contribution >= 0.6 is 11.3 Å². The highest BCUT2D eigenvalue weighted by molar-refractivity contribution is 7.07. The van der Waals surface area contributed by atoms with Gasteiger partial charge in [0.2, 0.25) is 0 Å². The second-order valence-corrected chi connectivity index (χ2v) is 12.0. The monoisotopic (exact) mass is 676 g/mol. The first-order chi connectivity index (χ1) is 23.9. The molecule has 4 aromatic carbocycles. The minimum Gasteiger partial charge on any atom is -0.493 e. The van der Waals surface area contributed by atoms with Crippen LogP contribution in [0.4, 0.5) is 0 Å². The Kier molecular flexibility index (Phi) is 10.2. The molecule has 0 saturated heterocycles. The van der Waals surface area contributed by atoms with Gasteiger partial charge in [0, 0.05) is 5.56 Å². The van der Waals surface area contributed by atoms with E-state index in [1.807, 2.05) is 91.9 Å². The van der Waals surface area contributed by atoms with Crippen molar-refractivity contribution in [1.29, 1.82) is 0 Å². The molecule has 1 aromatic heterocycles. The third-order valence-corrected chi connectivity index (χ3v) is 8.88. The third kappa shape index (κ3) is 7.00. The molecule has 1 aliphatic rings. The highest BCUT2D eigenvalue weighted by Crippen LogP contribution is 2.38. The normalized spacial score (nSPS) is 14.1. The Hall–Kier alpha value is -5.61. The number of esters is 1. The quantitative estimate of drug-likeness (QED) is 0.151. The predicted octanol–water partition coefficient (Wildman–Crippen LogP) is 5.93. The molecule has 9 nitrogen and oxygen atoms in total. The van der Waals surface area contributed by atoms with E-state index in [-0.39, 0.29) is 17.7 Å². The van der Waals surface area contributed by atoms with E-state index < -0.39 is 12.0 Å². The summed E-state index contributed by atoms with van der Waals surface area (Å²) in [5, 5.41) is 0. The summed E-state index contributed by atoms with van der Waals surface area (Å²) in [6, 6.07) is 29.4. The van der Waals surface area contributed by atoms with Gasteiger partial charge in [0.1, 0.15) is 6.61 Å². The molecule has 5 aromatic rings. The van der Waals surface area contributed by atoms with Crippen molar-refractivity contribution in [2.45, 2.75) is 26.5 Å². The van der Waals surface area contributed by atoms with E-state index in [2.05, 4.69) is 0 Å². The van der Waals surface area contributed by atoms with Gasteiger partial charge in [-0.05, 0) is 60.9 Å². The molecular formula is C39H36N2O7S. The van der Waals surface area contributed by atoms with Crippen molar-refractivity contribution in [3.63, 3.8) is 0 Å². The molecule has 0 amide bonds. The maximum atomic E-state index is 14.4. The van der Waals surface area contributed by atoms with Crippen molar-refractivity contribution < 1.29 is 28.5 Å². The first-order valence-corrected chi connectivity index (χ1v) is 16.7. The smallest absolute Gasteiger partial charge is 0.338 e. The zero-order chi connectivity index (χ0) is 34.3. The van der Waals surface area contributed by atoms with E-state index in [4.69, 9.17) is 28.7 Å². The van der Waals surface area contributed by atoms with Crippen molar-refractivity contribution in [3.05, 3.63) is 145 Å². The molecule has 2 heterocycles. The van der Waals surface area contributed by atoms with Crippen molar-refractivity contribution >= 4 is 29.1 Å². The lowest BCUT2D eigenvalue weighted by atomic mass is 9.93. The van der Waals surface area contributed by atoms with Gasteiger partial charge in [0.15, 0.2) is 27.8 Å². The summed E-state index contributed by atoms with van der Waals surface area (Å²) < 4.78 is 30.7. The summed E-state index contributed by atoms with van der Waals surface area (Å²) >= 11 is 1.24. The Morgan fingerprint density at radius 1 is 0.816 bits per heavy atom. The Balaban J connectivity index is 1.51. The van der Waals surface area contributed by atoms with Crippen LogP contribution in [0.2, 0.25) is 0 Å². The molecule has 250 valence electrons. The van der Waals surface area contributed by atoms with Crippen molar-refractivity contribution in [1.82, 2.24) is 4.57 Å². The van der Waals surface area contributed by atoms with E-state index in [9.17, 15) is 9.59 Å². The van der Waals surface area contributed by atoms with Gasteiger partial charge in [-0.25, -0.2) is 9.79 Å². The molecule has 6 rings (SSSR count). The van der Waals surface area contributed by atoms with E-state index in [1.165, 1.54) is 11.3 Å². The summed E-state index contributed by atoms with van der Waals surface area (Å²) in [5.41, 5.74) is 3.52. The van der Waals surface area contributed by atoms with E-state index in [0.717, 1.165) is 16.7 Å². The highest BCUT2D eigenvalue weighted by atomic mass is 32.1. The Morgan fingerprint density at radius 3 is 2.22 bits per heavy atom. The number of hydrogen-bond donors (Lipinski definition) is 0. The number of carbonyl (C=O) groups excluding carboxylic acids is 1. The lowest BCUT2D eigenvalue weighted by Crippen LogP contribution is -2.40. The average molecular weight is 677 g/mol. The molecule has 0 unspecified atom stereocenters. The Bertz CT molecular complexity index is 2170. The number of thiazole rings is 1. The maximum Gasteiger partial charge on any atom is 0.338 e. The fourth-order valence-corrected chi connectivity index (χ4v) is 6.67. The third-order valence-electron chi connectivity index (χ3n) is 7.90. The van der Waals surface area contributed by atoms with Crippen LogP contribution in [0, 0.1) is 0 Å². The number of ether oxygens (including phenoxy) is 5. The molecule has 0 aliphatic carbocycles. The van der Waals surface area contributed by atoms with Gasteiger partial charge >= 0.3 is 5.97 Å². The van der Waals surface area contributed by atoms with Gasteiger partial charge in [-0.15, -0.1) is 0 Å². The minimum atomic E-state index is -0.861. The fraction of sp³-hybridized carbons (Fsp3) is 0.205. The number of fused-ring (bicyclic) bond motifs is 1. The van der Waals surface area contributed by atoms with Crippen LogP contribution in [0.25, 0.3) is 11.8 Å². The van der Waals surface area contributed by atoms with Crippen LogP contribution in [0.1, 0.15) is 42.1 Å². The number of aromatic nitrogens is 1. The minimum absolute atomic E-state index is 0.153. The van der Waals surface area contributed by atoms with Gasteiger partial charge in [0.25, 0.3) is 5.56 Å². The molecule has 0 spiro atoms. The Labute approximate surface area is 288 Å². The standard InChI is InChI=1S/C39H36N2O7S/c1-5-46-32-21-26(17-19-30(32)48-24-25-13-9-7-10-14-25)22-33-37(42)41-36(28-18-20-29(44-3)31(23-28)45-4)34(38(43)47-6-2)35(40-39(41)49-33)27-15-11-8-12-16-27/h7-23,36H,5-6,24H2,1-4H3/b33-22-/t36-/m0/s1. The number of rotatable bonds is 12. The Morgan fingerprint density at radius 2 is 1.53 bits per heavy atom. The maximum absolute atomic E-state index is 14.4. The lowest BCUT2D eigenvalue weighted by molar-refractivity contribution is -0.138. The second-order valence-electron chi connectivity index (χ2n) is 11.0. The first kappa shape index (κ1) is 33.3. The second kappa shape index (κ2) is 15.1. The van der Waals surface area contributed by atoms with E-state index >= 15 is 0 Å². The van der Waals surface area contributed by atoms with Gasteiger partial charge in [-0.3, -0.25) is 9.36 Å². The van der Waals surface area contributed by atoms with Crippen LogP contribution in [-0.2, 0) is 16.1 Å². The number of hydrogen-bond acceptors (Lipinski definition) is 9. The average Bonchev–Trinajstić information content (AvgIpc) is 3.45. The zero-order valence-electron chi connectivity index (χ0n) is 27.7. The van der Waals surface area contributed by atoms with E-state index in [1.54, 1.807) is 43.9 Å². The van der Waals surface area contributed by atoms with Crippen LogP contribution in [-0.4, -0.2) is 38.0 Å². The summed E-state index contributed by atoms with van der Waals surface area (Å²) in [4.78, 5) is 33.5. The van der Waals surface area contributed by atoms with Crippen LogP contribution < -0.4 is 33.8 Å². The van der Waals surface area contributed by atoms with Gasteiger partial charge < -0.3 is 23.7 Å². The number of carbonyl (C=O) groups is 1. The number of nitrogens with zero attached hydrogens (tertiary/aromatic N) is 2. The highest BCUT2D eigenvalue weighted by Gasteiger charge is 2.35. The van der Waals surface area contributed by atoms with E-state index in [0.29, 0.717) is 56.8 Å². The molecule has 0 bridgehead atoms. The first-order valence-electron chi connectivity index (χ1n) is 15.9. The zero-order valence-corrected chi connectivity index (χ0v) is 28.5. The lowest BCUT2D eigenvalue weighted by Gasteiger charge is -2.26. The summed E-state index contributed by atoms with van der Waals surface area (Å²) in [7, 11) is 3.09. The fourth-order valence-electron chi connectivity index (χ4n) is 5.67. The molecule has 0 N–H and O–H groups in total. The van der Waals surface area contributed by atoms with Crippen LogP contribution in [0.5, 0.6) is 23.0 Å². The van der Waals surface area contributed by atoms with Crippen molar-refractivity contribution in [2.24, 2.45) is 4.99 Å². The number of benzene rings is 4. The molecule has 0 fully saturated rings. The molecule has 0 saturated carbocycles. The summed E-state index contributed by atoms with van der Waals surface area (Å²) in [6.45, 7) is 4.64. The number of methoxy groups -OCH3 is 2. The van der Waals surface area contributed by atoms with Gasteiger partial charge in [-0.2, -0.15) is 0 Å². The van der Waals surface area contributed by atoms with Crippen LogP contribution in [0.15, 0.2) is 112 Å². The molecule has 1 atom stereocenters. The van der Waals surface area contributed by atoms with Gasteiger partial charge in [0.05, 0.1) is 49.3 Å². The molecule has 10 heteroatoms. The SMILES string of the molecule is CCOC(=O)C1=C(c2ccccc2)N=c2s/c(=C\c3ccc(OCc4ccccc4)c(OCC)c3)c(=O)n2[C@H]1c1ccc(OC)c(OC)c1. The topological polar surface area (TPSA) is 97.6 Å². The molecular weight excluding hydrogens is 641 g/mol. The molecule has 49 heavy (non-hydrogen) atoms. The summed E-state index contributed by atoms with van der Waals surface area (Å²) in [6.07, 6.45) is 1.80.